The van der Waals surface area contributed by atoms with E-state index in [1.54, 1.807) is 25.6 Å². The number of amides is 1. The maximum absolute atomic E-state index is 13.9. The summed E-state index contributed by atoms with van der Waals surface area (Å²) >= 11 is 0. The number of nitrogens with zero attached hydrogens (tertiary/aromatic N) is 6. The Morgan fingerprint density at radius 2 is 1.81 bits per heavy atom. The Kier molecular flexibility index (Phi) is 6.79. The van der Waals surface area contributed by atoms with Gasteiger partial charge in [0, 0.05) is 44.0 Å². The fourth-order valence-electron chi connectivity index (χ4n) is 4.52. The minimum Gasteiger partial charge on any atom is -0.494 e. The molecule has 8 nitrogen and oxygen atoms in total. The molecule has 36 heavy (non-hydrogen) atoms. The van der Waals surface area contributed by atoms with E-state index in [1.807, 2.05) is 52.9 Å². The Bertz CT molecular complexity index is 1280. The first-order chi connectivity index (χ1) is 17.5. The number of carbonyl (C=O) groups excluding carboxylic acids is 1. The summed E-state index contributed by atoms with van der Waals surface area (Å²) in [6.07, 6.45) is 9.31. The van der Waals surface area contributed by atoms with Gasteiger partial charge >= 0.3 is 0 Å². The van der Waals surface area contributed by atoms with Crippen molar-refractivity contribution in [3.05, 3.63) is 78.4 Å². The maximum Gasteiger partial charge on any atom is 0.230 e. The molecule has 0 bridgehead atoms. The lowest BCUT2D eigenvalue weighted by Crippen LogP contribution is -2.49. The highest BCUT2D eigenvalue weighted by Crippen LogP contribution is 2.32. The normalized spacial score (nSPS) is 18.0. The molecule has 1 atom stereocenters. The van der Waals surface area contributed by atoms with Crippen LogP contribution in [0, 0.1) is 5.92 Å². The second-order valence-corrected chi connectivity index (χ2v) is 9.06. The van der Waals surface area contributed by atoms with Crippen molar-refractivity contribution in [1.82, 2.24) is 24.4 Å². The van der Waals surface area contributed by atoms with Crippen LogP contribution in [0.15, 0.2) is 66.9 Å². The van der Waals surface area contributed by atoms with E-state index in [0.29, 0.717) is 50.1 Å². The van der Waals surface area contributed by atoms with Crippen molar-refractivity contribution in [2.45, 2.75) is 19.8 Å². The van der Waals surface area contributed by atoms with Gasteiger partial charge in [-0.05, 0) is 30.2 Å². The van der Waals surface area contributed by atoms with E-state index in [-0.39, 0.29) is 24.1 Å². The summed E-state index contributed by atoms with van der Waals surface area (Å²) in [7, 11) is 1.58. The number of para-hydroxylation sites is 1. The van der Waals surface area contributed by atoms with Crippen LogP contribution in [0.5, 0.6) is 5.75 Å². The molecule has 3 aromatic rings. The van der Waals surface area contributed by atoms with Gasteiger partial charge in [0.25, 0.3) is 0 Å². The van der Waals surface area contributed by atoms with Gasteiger partial charge in [-0.1, -0.05) is 31.2 Å². The fourth-order valence-corrected chi connectivity index (χ4v) is 4.52. The van der Waals surface area contributed by atoms with Gasteiger partial charge < -0.3 is 19.1 Å². The Morgan fingerprint density at radius 1 is 1.08 bits per heavy atom. The number of methoxy groups -OCH3 is 1. The van der Waals surface area contributed by atoms with E-state index in [9.17, 15) is 9.18 Å². The van der Waals surface area contributed by atoms with E-state index in [4.69, 9.17) is 9.72 Å². The molecule has 1 aliphatic heterocycles. The monoisotopic (exact) mass is 488 g/mol. The molecule has 186 valence electrons. The highest BCUT2D eigenvalue weighted by Gasteiger charge is 2.25. The Labute approximate surface area is 209 Å². The molecule has 9 heteroatoms. The molecule has 0 radical (unpaired) electrons. The van der Waals surface area contributed by atoms with Crippen LogP contribution < -0.4 is 9.64 Å². The van der Waals surface area contributed by atoms with Gasteiger partial charge in [-0.2, -0.15) is 0 Å². The number of hydrogen-bond donors (Lipinski definition) is 0. The molecule has 5 rings (SSSR count). The smallest absolute Gasteiger partial charge is 0.230 e. The third-order valence-electron chi connectivity index (χ3n) is 6.66. The molecule has 3 heterocycles. The van der Waals surface area contributed by atoms with E-state index in [2.05, 4.69) is 14.9 Å². The zero-order chi connectivity index (χ0) is 25.1. The first-order valence-electron chi connectivity index (χ1n) is 12.1. The zero-order valence-electron chi connectivity index (χ0n) is 20.5. The summed E-state index contributed by atoms with van der Waals surface area (Å²) in [6.45, 7) is 4.34. The third kappa shape index (κ3) is 5.00. The highest BCUT2D eigenvalue weighted by molar-refractivity contribution is 5.79. The molecule has 1 fully saturated rings. The summed E-state index contributed by atoms with van der Waals surface area (Å²) in [5.74, 6) is 1.65. The summed E-state index contributed by atoms with van der Waals surface area (Å²) in [4.78, 5) is 30.8. The summed E-state index contributed by atoms with van der Waals surface area (Å²) < 4.78 is 21.0. The van der Waals surface area contributed by atoms with Crippen molar-refractivity contribution in [3.8, 4) is 11.4 Å². The van der Waals surface area contributed by atoms with Crippen molar-refractivity contribution in [3.63, 3.8) is 0 Å². The lowest BCUT2D eigenvalue weighted by Gasteiger charge is -2.34. The lowest BCUT2D eigenvalue weighted by molar-refractivity contribution is -0.130. The molecule has 0 spiro atoms. The minimum atomic E-state index is -0.178. The summed E-state index contributed by atoms with van der Waals surface area (Å²) in [5, 5.41) is 0. The van der Waals surface area contributed by atoms with Crippen molar-refractivity contribution >= 4 is 17.4 Å². The number of aromatic nitrogens is 4. The van der Waals surface area contributed by atoms with Crippen LogP contribution in [0.1, 0.15) is 24.9 Å². The van der Waals surface area contributed by atoms with Crippen LogP contribution in [0.2, 0.25) is 0 Å². The average Bonchev–Trinajstić information content (AvgIpc) is 3.34. The molecule has 1 saturated heterocycles. The van der Waals surface area contributed by atoms with Gasteiger partial charge in [0.05, 0.1) is 31.6 Å². The predicted molar refractivity (Wildman–Crippen MR) is 136 cm³/mol. The third-order valence-corrected chi connectivity index (χ3v) is 6.66. The number of piperazine rings is 1. The van der Waals surface area contributed by atoms with E-state index in [1.165, 1.54) is 6.08 Å². The first kappa shape index (κ1) is 23.7. The zero-order valence-corrected chi connectivity index (χ0v) is 20.5. The van der Waals surface area contributed by atoms with Crippen molar-refractivity contribution in [2.75, 3.05) is 38.2 Å². The SMILES string of the molecule is COc1cnc(N2CCN(C(=O)Cc3nc(C4=CC=C(F)C(C)C4)cn3-c3ccccc3)CC2)nc1. The quantitative estimate of drug-likeness (QED) is 0.525. The van der Waals surface area contributed by atoms with Gasteiger partial charge in [0.15, 0.2) is 5.75 Å². The number of hydrogen-bond acceptors (Lipinski definition) is 6. The van der Waals surface area contributed by atoms with Crippen LogP contribution >= 0.6 is 0 Å². The van der Waals surface area contributed by atoms with E-state index >= 15 is 0 Å². The van der Waals surface area contributed by atoms with E-state index in [0.717, 1.165) is 17.0 Å². The van der Waals surface area contributed by atoms with Gasteiger partial charge in [0.1, 0.15) is 11.7 Å². The number of imidazole rings is 1. The number of anilines is 1. The lowest BCUT2D eigenvalue weighted by atomic mass is 9.93. The second kappa shape index (κ2) is 10.3. The maximum atomic E-state index is 13.9. The van der Waals surface area contributed by atoms with Gasteiger partial charge in [-0.15, -0.1) is 0 Å². The van der Waals surface area contributed by atoms with Crippen LogP contribution in [-0.2, 0) is 11.2 Å². The molecule has 1 aliphatic carbocycles. The van der Waals surface area contributed by atoms with Gasteiger partial charge in [0.2, 0.25) is 11.9 Å². The Morgan fingerprint density at radius 3 is 2.47 bits per heavy atom. The molecule has 1 amide bonds. The molecule has 0 N–H and O–H groups in total. The van der Waals surface area contributed by atoms with Crippen LogP contribution in [0.3, 0.4) is 0 Å². The fraction of sp³-hybridized carbons (Fsp3) is 0.333. The number of halogens is 1. The van der Waals surface area contributed by atoms with Crippen molar-refractivity contribution < 1.29 is 13.9 Å². The number of ether oxygens (including phenoxy) is 1. The standard InChI is InChI=1S/C27H29FN6O2/c1-19-14-20(8-9-23(19)28)24-18-34(21-6-4-3-5-7-21)25(31-24)15-26(35)32-10-12-33(13-11-32)27-29-16-22(36-2)17-30-27/h3-9,16-19H,10-15H2,1-2H3. The molecule has 2 aromatic heterocycles. The Balaban J connectivity index is 1.31. The van der Waals surface area contributed by atoms with Gasteiger partial charge in [-0.3, -0.25) is 4.79 Å². The van der Waals surface area contributed by atoms with Crippen LogP contribution in [-0.4, -0.2) is 63.6 Å². The number of benzene rings is 1. The first-order valence-corrected chi connectivity index (χ1v) is 12.1. The van der Waals surface area contributed by atoms with Crippen LogP contribution in [0.25, 0.3) is 11.3 Å². The highest BCUT2D eigenvalue weighted by atomic mass is 19.1. The molecule has 1 aromatic carbocycles. The molecular weight excluding hydrogens is 459 g/mol. The van der Waals surface area contributed by atoms with Crippen molar-refractivity contribution in [1.29, 1.82) is 0 Å². The summed E-state index contributed by atoms with van der Waals surface area (Å²) in [6, 6.07) is 9.86. The summed E-state index contributed by atoms with van der Waals surface area (Å²) in [5.41, 5.74) is 2.69. The number of rotatable bonds is 6. The predicted octanol–water partition coefficient (Wildman–Crippen LogP) is 3.84. The van der Waals surface area contributed by atoms with Crippen LogP contribution in [0.4, 0.5) is 10.3 Å². The number of allylic oxidation sites excluding steroid dienone is 4. The molecular formula is C27H29FN6O2. The second-order valence-electron chi connectivity index (χ2n) is 9.06. The molecule has 1 unspecified atom stereocenters. The van der Waals surface area contributed by atoms with E-state index < -0.39 is 0 Å². The minimum absolute atomic E-state index is 0.0246. The van der Waals surface area contributed by atoms with Crippen molar-refractivity contribution in [2.24, 2.45) is 5.92 Å². The molecule has 0 saturated carbocycles. The van der Waals surface area contributed by atoms with Gasteiger partial charge in [-0.25, -0.2) is 19.3 Å². The molecule has 2 aliphatic rings. The largest absolute Gasteiger partial charge is 0.494 e. The topological polar surface area (TPSA) is 76.4 Å². The Hall–Kier alpha value is -4.01. The number of carbonyl (C=O) groups is 1. The average molecular weight is 489 g/mol.